The van der Waals surface area contributed by atoms with Crippen LogP contribution >= 0.6 is 0 Å². The lowest BCUT2D eigenvalue weighted by Crippen LogP contribution is -2.13. The van der Waals surface area contributed by atoms with Crippen molar-refractivity contribution in [2.45, 2.75) is 16.7 Å². The minimum Gasteiger partial charge on any atom is -0.353 e. The molecule has 1 atom stereocenters. The van der Waals surface area contributed by atoms with Crippen LogP contribution in [0, 0.1) is 30.2 Å². The van der Waals surface area contributed by atoms with Crippen molar-refractivity contribution >= 4 is 22.2 Å². The molecule has 0 amide bonds. The number of hydrogen-bond acceptors (Lipinski definition) is 2. The monoisotopic (exact) mass is 301 g/mol. The van der Waals surface area contributed by atoms with Crippen molar-refractivity contribution in [3.63, 3.8) is 0 Å². The standard InChI is InChI=1S/C13H7F4NOS/c1-5-12(17)8(16)4-11-13(5)18-9-2-6(14)7(15)3-10(9)20(11)19/h2-4,18H,1H3. The Morgan fingerprint density at radius 3 is 2.25 bits per heavy atom. The van der Waals surface area contributed by atoms with Crippen LogP contribution in [0.15, 0.2) is 28.0 Å². The Hall–Kier alpha value is -1.89. The van der Waals surface area contributed by atoms with Crippen molar-refractivity contribution in [2.75, 3.05) is 5.32 Å². The number of nitrogens with one attached hydrogen (secondary N) is 1. The highest BCUT2D eigenvalue weighted by molar-refractivity contribution is 7.85. The van der Waals surface area contributed by atoms with Crippen LogP contribution in [0.3, 0.4) is 0 Å². The van der Waals surface area contributed by atoms with Gasteiger partial charge in [0.25, 0.3) is 0 Å². The second-order valence-electron chi connectivity index (χ2n) is 4.33. The predicted molar refractivity (Wildman–Crippen MR) is 65.4 cm³/mol. The van der Waals surface area contributed by atoms with E-state index in [0.29, 0.717) is 0 Å². The first-order valence-corrected chi connectivity index (χ1v) is 6.71. The molecule has 0 spiro atoms. The third-order valence-electron chi connectivity index (χ3n) is 3.10. The minimum absolute atomic E-state index is 0.0000850. The van der Waals surface area contributed by atoms with Gasteiger partial charge in [0, 0.05) is 11.6 Å². The molecule has 1 aliphatic rings. The van der Waals surface area contributed by atoms with Crippen LogP contribution < -0.4 is 5.32 Å². The molecule has 1 aliphatic heterocycles. The molecule has 1 N–H and O–H groups in total. The summed E-state index contributed by atoms with van der Waals surface area (Å²) in [7, 11) is -1.91. The molecule has 2 aromatic rings. The van der Waals surface area contributed by atoms with Crippen LogP contribution in [0.5, 0.6) is 0 Å². The van der Waals surface area contributed by atoms with Gasteiger partial charge in [-0.3, -0.25) is 0 Å². The average Bonchev–Trinajstić information content (AvgIpc) is 2.41. The zero-order valence-electron chi connectivity index (χ0n) is 10.1. The van der Waals surface area contributed by atoms with E-state index in [1.165, 1.54) is 6.92 Å². The van der Waals surface area contributed by atoms with Crippen LogP contribution in [0.4, 0.5) is 28.9 Å². The number of anilines is 2. The number of rotatable bonds is 0. The summed E-state index contributed by atoms with van der Waals surface area (Å²) >= 11 is 0. The maximum Gasteiger partial charge on any atom is 0.163 e. The van der Waals surface area contributed by atoms with Crippen molar-refractivity contribution in [3.05, 3.63) is 47.0 Å². The highest BCUT2D eigenvalue weighted by Crippen LogP contribution is 2.40. The zero-order valence-corrected chi connectivity index (χ0v) is 10.9. The van der Waals surface area contributed by atoms with Crippen molar-refractivity contribution in [2.24, 2.45) is 0 Å². The Balaban J connectivity index is 2.28. The Labute approximate surface area is 113 Å². The lowest BCUT2D eigenvalue weighted by atomic mass is 10.1. The molecule has 1 unspecified atom stereocenters. The van der Waals surface area contributed by atoms with E-state index < -0.39 is 34.1 Å². The van der Waals surface area contributed by atoms with Crippen molar-refractivity contribution in [3.8, 4) is 0 Å². The summed E-state index contributed by atoms with van der Waals surface area (Å²) in [6, 6.07) is 2.42. The molecule has 2 aromatic carbocycles. The summed E-state index contributed by atoms with van der Waals surface area (Å²) in [5.74, 6) is -4.47. The van der Waals surface area contributed by atoms with Gasteiger partial charge in [0.1, 0.15) is 0 Å². The second-order valence-corrected chi connectivity index (χ2v) is 5.74. The van der Waals surface area contributed by atoms with Crippen molar-refractivity contribution < 1.29 is 21.8 Å². The largest absolute Gasteiger partial charge is 0.353 e. The SMILES string of the molecule is Cc1c(F)c(F)cc2c1Nc1cc(F)c(F)cc1S2=O. The third kappa shape index (κ3) is 1.73. The molecule has 20 heavy (non-hydrogen) atoms. The Bertz CT molecular complexity index is 776. The number of hydrogen-bond donors (Lipinski definition) is 1. The van der Waals surface area contributed by atoms with Gasteiger partial charge in [-0.15, -0.1) is 0 Å². The smallest absolute Gasteiger partial charge is 0.163 e. The lowest BCUT2D eigenvalue weighted by Gasteiger charge is -2.23. The van der Waals surface area contributed by atoms with Crippen LogP contribution in [0.1, 0.15) is 5.56 Å². The van der Waals surface area contributed by atoms with E-state index >= 15 is 0 Å². The van der Waals surface area contributed by atoms with E-state index in [0.717, 1.165) is 18.2 Å². The average molecular weight is 301 g/mol. The van der Waals surface area contributed by atoms with Gasteiger partial charge in [0.2, 0.25) is 0 Å². The fraction of sp³-hybridized carbons (Fsp3) is 0.0769. The molecule has 0 radical (unpaired) electrons. The maximum atomic E-state index is 13.5. The first-order chi connectivity index (χ1) is 9.40. The first-order valence-electron chi connectivity index (χ1n) is 5.56. The minimum atomic E-state index is -1.91. The van der Waals surface area contributed by atoms with E-state index in [-0.39, 0.29) is 26.7 Å². The van der Waals surface area contributed by atoms with Crippen LogP contribution in [-0.2, 0) is 10.8 Å². The number of fused-ring (bicyclic) bond motifs is 2. The van der Waals surface area contributed by atoms with Gasteiger partial charge in [-0.1, -0.05) is 0 Å². The summed E-state index contributed by atoms with van der Waals surface area (Å²) < 4.78 is 65.6. The third-order valence-corrected chi connectivity index (χ3v) is 4.56. The summed E-state index contributed by atoms with van der Waals surface area (Å²) in [4.78, 5) is -0.0123. The molecule has 3 rings (SSSR count). The van der Waals surface area contributed by atoms with Crippen LogP contribution in [0.2, 0.25) is 0 Å². The molecule has 0 aromatic heterocycles. The summed E-state index contributed by atoms with van der Waals surface area (Å²) in [6.45, 7) is 1.31. The first kappa shape index (κ1) is 13.1. The van der Waals surface area contributed by atoms with Gasteiger partial charge in [0.15, 0.2) is 23.3 Å². The molecule has 2 nitrogen and oxygen atoms in total. The van der Waals surface area contributed by atoms with Crippen molar-refractivity contribution in [1.29, 1.82) is 0 Å². The number of benzene rings is 2. The predicted octanol–water partition coefficient (Wildman–Crippen LogP) is 3.78. The van der Waals surface area contributed by atoms with Gasteiger partial charge < -0.3 is 5.32 Å². The molecule has 0 saturated heterocycles. The molecule has 0 aliphatic carbocycles. The molecule has 0 bridgehead atoms. The van der Waals surface area contributed by atoms with E-state index in [4.69, 9.17) is 0 Å². The topological polar surface area (TPSA) is 29.1 Å². The number of halogens is 4. The van der Waals surface area contributed by atoms with E-state index in [2.05, 4.69) is 5.32 Å². The summed E-state index contributed by atoms with van der Waals surface area (Å²) in [5.41, 5.74) is 0.119. The quantitative estimate of drug-likeness (QED) is 0.640. The van der Waals surface area contributed by atoms with Gasteiger partial charge in [-0.25, -0.2) is 21.8 Å². The zero-order chi connectivity index (χ0) is 14.6. The molecular formula is C13H7F4NOS. The van der Waals surface area contributed by atoms with Gasteiger partial charge in [-0.2, -0.15) is 0 Å². The molecule has 1 heterocycles. The molecular weight excluding hydrogens is 294 g/mol. The fourth-order valence-electron chi connectivity index (χ4n) is 2.06. The lowest BCUT2D eigenvalue weighted by molar-refractivity contribution is 0.500. The second kappa shape index (κ2) is 4.31. The molecule has 7 heteroatoms. The fourth-order valence-corrected chi connectivity index (χ4v) is 3.42. The Morgan fingerprint density at radius 1 is 0.950 bits per heavy atom. The molecule has 0 fully saturated rings. The van der Waals surface area contributed by atoms with Gasteiger partial charge in [-0.05, 0) is 19.1 Å². The highest BCUT2D eigenvalue weighted by atomic mass is 32.2. The van der Waals surface area contributed by atoms with Crippen molar-refractivity contribution in [1.82, 2.24) is 0 Å². The van der Waals surface area contributed by atoms with Crippen LogP contribution in [-0.4, -0.2) is 4.21 Å². The van der Waals surface area contributed by atoms with E-state index in [1.54, 1.807) is 0 Å². The van der Waals surface area contributed by atoms with Gasteiger partial charge >= 0.3 is 0 Å². The Kier molecular flexibility index (Phi) is 2.82. The Morgan fingerprint density at radius 2 is 1.55 bits per heavy atom. The summed E-state index contributed by atoms with van der Waals surface area (Å²) in [6.07, 6.45) is 0. The maximum absolute atomic E-state index is 13.5. The van der Waals surface area contributed by atoms with E-state index in [9.17, 15) is 21.8 Å². The van der Waals surface area contributed by atoms with Gasteiger partial charge in [0.05, 0.1) is 32.0 Å². The molecule has 0 saturated carbocycles. The molecule has 104 valence electrons. The van der Waals surface area contributed by atoms with Crippen LogP contribution in [0.25, 0.3) is 0 Å². The summed E-state index contributed by atoms with van der Waals surface area (Å²) in [5, 5.41) is 2.67. The highest BCUT2D eigenvalue weighted by Gasteiger charge is 2.28. The van der Waals surface area contributed by atoms with E-state index in [1.807, 2.05) is 0 Å². The normalized spacial score (nSPS) is 16.4.